The molecule has 1 aromatic carbocycles. The lowest BCUT2D eigenvalue weighted by Gasteiger charge is -2.18. The van der Waals surface area contributed by atoms with E-state index < -0.39 is 11.9 Å². The van der Waals surface area contributed by atoms with Crippen LogP contribution >= 0.6 is 0 Å². The highest BCUT2D eigenvalue weighted by atomic mass is 19.1. The number of nitrogens with zero attached hydrogens (tertiary/aromatic N) is 1. The molecular formula is C18H22FN3O2. The first kappa shape index (κ1) is 17.9. The summed E-state index contributed by atoms with van der Waals surface area (Å²) in [6.07, 6.45) is 2.40. The van der Waals surface area contributed by atoms with Gasteiger partial charge in [0.1, 0.15) is 11.6 Å². The molecule has 5 nitrogen and oxygen atoms in total. The molecule has 0 bridgehead atoms. The van der Waals surface area contributed by atoms with Crippen LogP contribution in [0.15, 0.2) is 42.6 Å². The highest BCUT2D eigenvalue weighted by Gasteiger charge is 2.19. The minimum Gasteiger partial charge on any atom is -0.439 e. The number of nitrogens with two attached hydrogens (primary N) is 1. The molecule has 0 aliphatic heterocycles. The van der Waals surface area contributed by atoms with Gasteiger partial charge in [-0.25, -0.2) is 9.37 Å². The molecule has 128 valence electrons. The van der Waals surface area contributed by atoms with Gasteiger partial charge in [-0.05, 0) is 24.1 Å². The predicted molar refractivity (Wildman–Crippen MR) is 90.0 cm³/mol. The Bertz CT molecular complexity index is 693. The van der Waals surface area contributed by atoms with Crippen LogP contribution in [0, 0.1) is 11.7 Å². The van der Waals surface area contributed by atoms with Gasteiger partial charge >= 0.3 is 0 Å². The van der Waals surface area contributed by atoms with Crippen LogP contribution in [0.25, 0.3) is 0 Å². The molecule has 1 aromatic heterocycles. The maximum Gasteiger partial charge on any atom is 0.237 e. The minimum absolute atomic E-state index is 0.0990. The van der Waals surface area contributed by atoms with Crippen LogP contribution in [0.2, 0.25) is 0 Å². The van der Waals surface area contributed by atoms with E-state index in [4.69, 9.17) is 10.5 Å². The van der Waals surface area contributed by atoms with Crippen molar-refractivity contribution in [2.24, 2.45) is 11.7 Å². The number of pyridine rings is 1. The molecule has 0 radical (unpaired) electrons. The smallest absolute Gasteiger partial charge is 0.237 e. The summed E-state index contributed by atoms with van der Waals surface area (Å²) in [7, 11) is 0. The summed E-state index contributed by atoms with van der Waals surface area (Å²) >= 11 is 0. The average Bonchev–Trinajstić information content (AvgIpc) is 2.59. The second-order valence-electron chi connectivity index (χ2n) is 5.66. The molecule has 0 aliphatic rings. The molecule has 3 N–H and O–H groups in total. The fourth-order valence-corrected chi connectivity index (χ4v) is 2.11. The molecular weight excluding hydrogens is 309 g/mol. The summed E-state index contributed by atoms with van der Waals surface area (Å²) in [4.78, 5) is 16.2. The Morgan fingerprint density at radius 2 is 2.17 bits per heavy atom. The van der Waals surface area contributed by atoms with Crippen molar-refractivity contribution in [1.82, 2.24) is 10.3 Å². The molecule has 2 atom stereocenters. The zero-order chi connectivity index (χ0) is 17.5. The summed E-state index contributed by atoms with van der Waals surface area (Å²) in [5.41, 5.74) is 6.60. The first-order chi connectivity index (χ1) is 11.5. The van der Waals surface area contributed by atoms with E-state index in [-0.39, 0.29) is 18.4 Å². The van der Waals surface area contributed by atoms with E-state index in [0.29, 0.717) is 17.2 Å². The number of aromatic nitrogens is 1. The van der Waals surface area contributed by atoms with Crippen LogP contribution in [0.3, 0.4) is 0 Å². The maximum atomic E-state index is 13.3. The van der Waals surface area contributed by atoms with Gasteiger partial charge in [0.15, 0.2) is 0 Å². The number of benzene rings is 1. The Balaban J connectivity index is 2.05. The molecule has 0 saturated carbocycles. The molecule has 0 fully saturated rings. The van der Waals surface area contributed by atoms with E-state index >= 15 is 0 Å². The Morgan fingerprint density at radius 1 is 1.38 bits per heavy atom. The lowest BCUT2D eigenvalue weighted by molar-refractivity contribution is -0.123. The zero-order valence-electron chi connectivity index (χ0n) is 13.8. The predicted octanol–water partition coefficient (Wildman–Crippen LogP) is 3.00. The molecule has 0 aliphatic carbocycles. The monoisotopic (exact) mass is 331 g/mol. The van der Waals surface area contributed by atoms with E-state index in [0.717, 1.165) is 6.42 Å². The van der Waals surface area contributed by atoms with Gasteiger partial charge in [-0.3, -0.25) is 4.79 Å². The number of carbonyl (C=O) groups is 1. The van der Waals surface area contributed by atoms with Gasteiger partial charge in [0.25, 0.3) is 0 Å². The van der Waals surface area contributed by atoms with Crippen LogP contribution in [-0.4, -0.2) is 16.9 Å². The minimum atomic E-state index is -0.556. The highest BCUT2D eigenvalue weighted by molar-refractivity contribution is 5.81. The first-order valence-corrected chi connectivity index (χ1v) is 7.92. The van der Waals surface area contributed by atoms with Gasteiger partial charge in [0.2, 0.25) is 11.8 Å². The summed E-state index contributed by atoms with van der Waals surface area (Å²) < 4.78 is 18.9. The summed E-state index contributed by atoms with van der Waals surface area (Å²) in [5, 5.41) is 2.79. The number of hydrogen-bond donors (Lipinski definition) is 2. The second-order valence-corrected chi connectivity index (χ2v) is 5.66. The van der Waals surface area contributed by atoms with Crippen molar-refractivity contribution < 1.29 is 13.9 Å². The van der Waals surface area contributed by atoms with Crippen LogP contribution in [-0.2, 0) is 11.3 Å². The normalized spacial score (nSPS) is 13.2. The van der Waals surface area contributed by atoms with Crippen LogP contribution in [0.1, 0.15) is 25.8 Å². The number of carbonyl (C=O) groups excluding carboxylic acids is 1. The van der Waals surface area contributed by atoms with Gasteiger partial charge in [0.05, 0.1) is 6.04 Å². The van der Waals surface area contributed by atoms with E-state index in [1.807, 2.05) is 13.8 Å². The number of hydrogen-bond acceptors (Lipinski definition) is 4. The third kappa shape index (κ3) is 4.76. The molecule has 0 spiro atoms. The molecule has 2 unspecified atom stereocenters. The number of halogens is 1. The van der Waals surface area contributed by atoms with Crippen LogP contribution in [0.4, 0.5) is 4.39 Å². The summed E-state index contributed by atoms with van der Waals surface area (Å²) in [6.45, 7) is 4.16. The largest absolute Gasteiger partial charge is 0.439 e. The number of ether oxygens (including phenoxy) is 1. The van der Waals surface area contributed by atoms with Crippen molar-refractivity contribution in [3.8, 4) is 11.6 Å². The van der Waals surface area contributed by atoms with Gasteiger partial charge in [-0.15, -0.1) is 0 Å². The summed E-state index contributed by atoms with van der Waals surface area (Å²) in [5.74, 6) is 0.155. The van der Waals surface area contributed by atoms with E-state index in [1.54, 1.807) is 30.5 Å². The van der Waals surface area contributed by atoms with Crippen molar-refractivity contribution in [1.29, 1.82) is 0 Å². The maximum absolute atomic E-state index is 13.3. The second kappa shape index (κ2) is 8.40. The van der Waals surface area contributed by atoms with Crippen molar-refractivity contribution in [2.75, 3.05) is 0 Å². The van der Waals surface area contributed by atoms with Gasteiger partial charge in [-0.2, -0.15) is 0 Å². The molecule has 0 saturated heterocycles. The van der Waals surface area contributed by atoms with Crippen molar-refractivity contribution in [3.63, 3.8) is 0 Å². The van der Waals surface area contributed by atoms with Crippen molar-refractivity contribution in [2.45, 2.75) is 32.9 Å². The molecule has 6 heteroatoms. The fourth-order valence-electron chi connectivity index (χ4n) is 2.11. The highest BCUT2D eigenvalue weighted by Crippen LogP contribution is 2.23. The Morgan fingerprint density at radius 3 is 2.88 bits per heavy atom. The van der Waals surface area contributed by atoms with Crippen LogP contribution < -0.4 is 15.8 Å². The van der Waals surface area contributed by atoms with Crippen molar-refractivity contribution in [3.05, 3.63) is 54.0 Å². The lowest BCUT2D eigenvalue weighted by atomic mass is 9.99. The molecule has 24 heavy (non-hydrogen) atoms. The third-order valence-electron chi connectivity index (χ3n) is 3.87. The quantitative estimate of drug-likeness (QED) is 0.817. The van der Waals surface area contributed by atoms with E-state index in [1.165, 1.54) is 12.1 Å². The SMILES string of the molecule is CCC(C)C(N)C(=O)NCc1cccnc1Oc1cccc(F)c1. The van der Waals surface area contributed by atoms with Gasteiger partial charge in [-0.1, -0.05) is 32.4 Å². The topological polar surface area (TPSA) is 77.2 Å². The standard InChI is InChI=1S/C18H22FN3O2/c1-3-12(2)16(20)17(23)22-11-13-6-5-9-21-18(13)24-15-8-4-7-14(19)10-15/h4-10,12,16H,3,11,20H2,1-2H3,(H,22,23). The van der Waals surface area contributed by atoms with Crippen LogP contribution in [0.5, 0.6) is 11.6 Å². The molecule has 2 rings (SSSR count). The van der Waals surface area contributed by atoms with E-state index in [2.05, 4.69) is 10.3 Å². The zero-order valence-corrected chi connectivity index (χ0v) is 13.8. The molecule has 2 aromatic rings. The molecule has 1 amide bonds. The molecule has 1 heterocycles. The Hall–Kier alpha value is -2.47. The number of rotatable bonds is 7. The Kier molecular flexibility index (Phi) is 6.26. The third-order valence-corrected chi connectivity index (χ3v) is 3.87. The first-order valence-electron chi connectivity index (χ1n) is 7.92. The van der Waals surface area contributed by atoms with E-state index in [9.17, 15) is 9.18 Å². The fraction of sp³-hybridized carbons (Fsp3) is 0.333. The lowest BCUT2D eigenvalue weighted by Crippen LogP contribution is -2.44. The number of amides is 1. The van der Waals surface area contributed by atoms with Gasteiger partial charge in [0, 0.05) is 24.4 Å². The average molecular weight is 331 g/mol. The summed E-state index contributed by atoms with van der Waals surface area (Å²) in [6, 6.07) is 8.78. The number of nitrogens with one attached hydrogen (secondary N) is 1. The Labute approximate surface area is 141 Å². The van der Waals surface area contributed by atoms with Crippen molar-refractivity contribution >= 4 is 5.91 Å². The van der Waals surface area contributed by atoms with Gasteiger partial charge < -0.3 is 15.8 Å².